The summed E-state index contributed by atoms with van der Waals surface area (Å²) in [5, 5.41) is 12.1. The number of rotatable bonds is 4. The zero-order chi connectivity index (χ0) is 17.0. The molecule has 2 unspecified atom stereocenters. The van der Waals surface area contributed by atoms with Crippen molar-refractivity contribution in [3.63, 3.8) is 0 Å². The number of carbonyl (C=O) groups excluding carboxylic acids is 2. The van der Waals surface area contributed by atoms with Gasteiger partial charge in [-0.2, -0.15) is 0 Å². The van der Waals surface area contributed by atoms with E-state index in [9.17, 15) is 14.4 Å². The quantitative estimate of drug-likeness (QED) is 0.646. The molecule has 4 rings (SSSR count). The number of nitrogens with zero attached hydrogens (tertiary/aromatic N) is 3. The Morgan fingerprint density at radius 1 is 1.46 bits per heavy atom. The Kier molecular flexibility index (Phi) is 3.39. The first-order valence-electron chi connectivity index (χ1n) is 6.98. The van der Waals surface area contributed by atoms with Crippen LogP contribution >= 0.6 is 23.1 Å². The molecule has 0 radical (unpaired) electrons. The minimum atomic E-state index is -1.15. The summed E-state index contributed by atoms with van der Waals surface area (Å²) in [7, 11) is 0. The van der Waals surface area contributed by atoms with Crippen molar-refractivity contribution in [2.45, 2.75) is 18.4 Å². The van der Waals surface area contributed by atoms with Crippen LogP contribution in [0.3, 0.4) is 0 Å². The number of hydrogen-bond acceptors (Lipinski definition) is 7. The number of β-lactam (4-membered cyclic amide) rings is 1. The smallest absolute Gasteiger partial charge is 0.353 e. The molecule has 4 heterocycles. The fourth-order valence-electron chi connectivity index (χ4n) is 2.89. The van der Waals surface area contributed by atoms with E-state index in [4.69, 9.17) is 9.84 Å². The molecular formula is C14H11N3O5S2. The van der Waals surface area contributed by atoms with Gasteiger partial charge in [0.25, 0.3) is 0 Å². The maximum absolute atomic E-state index is 12.5. The van der Waals surface area contributed by atoms with E-state index in [2.05, 4.69) is 4.98 Å². The molecule has 24 heavy (non-hydrogen) atoms. The van der Waals surface area contributed by atoms with Gasteiger partial charge in [-0.05, 0) is 0 Å². The molecular weight excluding hydrogens is 354 g/mol. The van der Waals surface area contributed by atoms with E-state index in [-0.39, 0.29) is 11.6 Å². The summed E-state index contributed by atoms with van der Waals surface area (Å²) in [5.74, 6) is -2.70. The number of aliphatic carboxylic acids is 1. The molecule has 0 bridgehead atoms. The summed E-state index contributed by atoms with van der Waals surface area (Å²) in [6, 6.07) is 0. The molecule has 124 valence electrons. The molecule has 1 fully saturated rings. The fourth-order valence-corrected chi connectivity index (χ4v) is 4.85. The highest BCUT2D eigenvalue weighted by Crippen LogP contribution is 2.50. The highest BCUT2D eigenvalue weighted by atomic mass is 32.2. The van der Waals surface area contributed by atoms with Gasteiger partial charge >= 0.3 is 11.9 Å². The summed E-state index contributed by atoms with van der Waals surface area (Å²) in [4.78, 5) is 41.5. The van der Waals surface area contributed by atoms with Crippen molar-refractivity contribution in [2.75, 3.05) is 0 Å². The SMILES string of the molecule is CC(=O)OC(c1cn2ccsc2n1)C1C(=O)N2C(C(=O)O)=CS[C@H]12. The first-order valence-corrected chi connectivity index (χ1v) is 8.81. The maximum atomic E-state index is 12.5. The number of carboxylic acids is 1. The molecule has 8 nitrogen and oxygen atoms in total. The zero-order valence-corrected chi connectivity index (χ0v) is 13.9. The number of aromatic nitrogens is 2. The maximum Gasteiger partial charge on any atom is 0.353 e. The van der Waals surface area contributed by atoms with E-state index in [1.165, 1.54) is 40.3 Å². The average molecular weight is 365 g/mol. The second-order valence-electron chi connectivity index (χ2n) is 5.36. The first-order chi connectivity index (χ1) is 11.5. The molecule has 0 saturated carbocycles. The third-order valence-corrected chi connectivity index (χ3v) is 5.82. The molecule has 2 aromatic rings. The average Bonchev–Trinajstić information content (AvgIpc) is 3.17. The highest BCUT2D eigenvalue weighted by molar-refractivity contribution is 8.03. The number of hydrogen-bond donors (Lipinski definition) is 1. The summed E-state index contributed by atoms with van der Waals surface area (Å²) in [6.45, 7) is 1.27. The van der Waals surface area contributed by atoms with Gasteiger partial charge in [0.15, 0.2) is 11.1 Å². The number of carboxylic acid groups (broad SMARTS) is 1. The summed E-state index contributed by atoms with van der Waals surface area (Å²) >= 11 is 2.67. The summed E-state index contributed by atoms with van der Waals surface area (Å²) in [6.07, 6.45) is 2.71. The molecule has 3 atom stereocenters. The minimum Gasteiger partial charge on any atom is -0.477 e. The van der Waals surface area contributed by atoms with Crippen molar-refractivity contribution < 1.29 is 24.2 Å². The number of ether oxygens (including phenoxy) is 1. The molecule has 0 spiro atoms. The largest absolute Gasteiger partial charge is 0.477 e. The lowest BCUT2D eigenvalue weighted by molar-refractivity contribution is -0.167. The molecule has 2 aromatic heterocycles. The molecule has 10 heteroatoms. The predicted octanol–water partition coefficient (Wildman–Crippen LogP) is 1.46. The Morgan fingerprint density at radius 3 is 2.92 bits per heavy atom. The molecule has 1 saturated heterocycles. The van der Waals surface area contributed by atoms with Crippen LogP contribution in [0, 0.1) is 5.92 Å². The van der Waals surface area contributed by atoms with Gasteiger partial charge in [0, 0.05) is 30.1 Å². The lowest BCUT2D eigenvalue weighted by Gasteiger charge is -2.44. The van der Waals surface area contributed by atoms with Crippen molar-refractivity contribution in [1.82, 2.24) is 14.3 Å². The van der Waals surface area contributed by atoms with Gasteiger partial charge in [-0.3, -0.25) is 18.9 Å². The standard InChI is InChI=1S/C14H11N3O5S2/c1-6(18)22-10(7-4-16-2-3-23-14(16)15-7)9-11(19)17-8(13(20)21)5-24-12(9)17/h2-5,9-10,12H,1H3,(H,20,21)/t9?,10?,12-/m1/s1. The number of amides is 1. The van der Waals surface area contributed by atoms with Crippen LogP contribution in [0.1, 0.15) is 18.7 Å². The van der Waals surface area contributed by atoms with Crippen LogP contribution in [0.4, 0.5) is 0 Å². The fraction of sp³-hybridized carbons (Fsp3) is 0.286. The lowest BCUT2D eigenvalue weighted by Crippen LogP contribution is -2.59. The monoisotopic (exact) mass is 365 g/mol. The molecule has 1 amide bonds. The normalized spacial score (nSPS) is 23.6. The Labute approximate surface area is 143 Å². The van der Waals surface area contributed by atoms with Crippen molar-refractivity contribution in [1.29, 1.82) is 0 Å². The van der Waals surface area contributed by atoms with Crippen LogP contribution in [-0.2, 0) is 19.1 Å². The van der Waals surface area contributed by atoms with Gasteiger partial charge in [-0.15, -0.1) is 23.1 Å². The number of imidazole rings is 1. The van der Waals surface area contributed by atoms with Crippen molar-refractivity contribution in [2.24, 2.45) is 5.92 Å². The Balaban J connectivity index is 1.66. The topological polar surface area (TPSA) is 101 Å². The van der Waals surface area contributed by atoms with E-state index in [0.29, 0.717) is 5.69 Å². The zero-order valence-electron chi connectivity index (χ0n) is 12.3. The minimum absolute atomic E-state index is 0.0429. The number of esters is 1. The van der Waals surface area contributed by atoms with Gasteiger partial charge in [0.1, 0.15) is 22.7 Å². The van der Waals surface area contributed by atoms with Gasteiger partial charge in [-0.1, -0.05) is 0 Å². The van der Waals surface area contributed by atoms with Crippen LogP contribution in [-0.4, -0.2) is 42.6 Å². The summed E-state index contributed by atoms with van der Waals surface area (Å²) < 4.78 is 7.16. The third-order valence-electron chi connectivity index (χ3n) is 3.90. The highest BCUT2D eigenvalue weighted by Gasteiger charge is 2.58. The molecule has 0 aliphatic carbocycles. The van der Waals surface area contributed by atoms with Crippen molar-refractivity contribution in [3.8, 4) is 0 Å². The van der Waals surface area contributed by atoms with Gasteiger partial charge in [-0.25, -0.2) is 9.78 Å². The van der Waals surface area contributed by atoms with Gasteiger partial charge in [0.2, 0.25) is 5.91 Å². The third kappa shape index (κ3) is 2.13. The number of carbonyl (C=O) groups is 3. The lowest BCUT2D eigenvalue weighted by atomic mass is 9.89. The number of thioether (sulfide) groups is 1. The second kappa shape index (κ2) is 5.35. The van der Waals surface area contributed by atoms with E-state index < -0.39 is 29.3 Å². The van der Waals surface area contributed by atoms with E-state index >= 15 is 0 Å². The number of fused-ring (bicyclic) bond motifs is 2. The van der Waals surface area contributed by atoms with Crippen LogP contribution < -0.4 is 0 Å². The van der Waals surface area contributed by atoms with Gasteiger partial charge in [0.05, 0.1) is 0 Å². The molecule has 2 aliphatic rings. The van der Waals surface area contributed by atoms with Crippen LogP contribution in [0.25, 0.3) is 4.96 Å². The van der Waals surface area contributed by atoms with Crippen molar-refractivity contribution in [3.05, 3.63) is 34.6 Å². The number of thiazole rings is 1. The predicted molar refractivity (Wildman–Crippen MR) is 85.0 cm³/mol. The Bertz CT molecular complexity index is 873. The first kappa shape index (κ1) is 15.2. The molecule has 2 aliphatic heterocycles. The Morgan fingerprint density at radius 2 is 2.25 bits per heavy atom. The van der Waals surface area contributed by atoms with E-state index in [1.54, 1.807) is 10.6 Å². The van der Waals surface area contributed by atoms with Crippen LogP contribution in [0.5, 0.6) is 0 Å². The van der Waals surface area contributed by atoms with Gasteiger partial charge < -0.3 is 9.84 Å². The molecule has 0 aromatic carbocycles. The van der Waals surface area contributed by atoms with Crippen LogP contribution in [0.2, 0.25) is 0 Å². The Hall–Kier alpha value is -2.33. The van der Waals surface area contributed by atoms with E-state index in [0.717, 1.165) is 4.96 Å². The van der Waals surface area contributed by atoms with Crippen molar-refractivity contribution >= 4 is 45.9 Å². The van der Waals surface area contributed by atoms with E-state index in [1.807, 2.05) is 11.6 Å². The summed E-state index contributed by atoms with van der Waals surface area (Å²) in [5.41, 5.74) is 0.443. The second-order valence-corrected chi connectivity index (χ2v) is 7.22. The molecule has 1 N–H and O–H groups in total. The van der Waals surface area contributed by atoms with Crippen LogP contribution in [0.15, 0.2) is 28.9 Å².